The summed E-state index contributed by atoms with van der Waals surface area (Å²) in [6, 6.07) is 0. The maximum atomic E-state index is 3.41. The van der Waals surface area contributed by atoms with Crippen molar-refractivity contribution in [1.82, 2.24) is 20.9 Å². The van der Waals surface area contributed by atoms with Crippen LogP contribution in [0.25, 0.3) is 0 Å². The minimum absolute atomic E-state index is 0. The van der Waals surface area contributed by atoms with Crippen LogP contribution in [0.4, 0.5) is 0 Å². The first kappa shape index (κ1) is 18.2. The maximum Gasteiger partial charge on any atom is 2.00 e. The first-order valence-electron chi connectivity index (χ1n) is 5.20. The molecule has 1 rings (SSSR count). The summed E-state index contributed by atoms with van der Waals surface area (Å²) in [6.45, 7) is 8.78. The van der Waals surface area contributed by atoms with Crippen molar-refractivity contribution in [3.63, 3.8) is 0 Å². The van der Waals surface area contributed by atoms with Gasteiger partial charge in [0.1, 0.15) is 0 Å². The van der Waals surface area contributed by atoms with Gasteiger partial charge in [-0.2, -0.15) is 0 Å². The molecule has 1 fully saturated rings. The van der Waals surface area contributed by atoms with Crippen molar-refractivity contribution < 1.29 is 34.1 Å². The van der Waals surface area contributed by atoms with Gasteiger partial charge in [-0.25, -0.2) is 0 Å². The molecule has 0 radical (unpaired) electrons. The van der Waals surface area contributed by atoms with Crippen molar-refractivity contribution in [3.8, 4) is 0 Å². The molecule has 0 aliphatic carbocycles. The summed E-state index contributed by atoms with van der Waals surface area (Å²) in [6.07, 6.45) is 0. The van der Waals surface area contributed by atoms with Crippen LogP contribution >= 0.6 is 0 Å². The third kappa shape index (κ3) is 11.1. The standard InChI is InChI=1S/C9H22N4.ClH.Ti/c1-13-8-6-11-4-2-10-3-5-12-7-9-13;;/h10-12H,2-9H2,1H3;1H;/q;;+2/p-1. The van der Waals surface area contributed by atoms with Crippen molar-refractivity contribution in [1.29, 1.82) is 0 Å². The van der Waals surface area contributed by atoms with Crippen molar-refractivity contribution in [3.05, 3.63) is 0 Å². The van der Waals surface area contributed by atoms with E-state index in [2.05, 4.69) is 27.9 Å². The van der Waals surface area contributed by atoms with Crippen LogP contribution < -0.4 is 28.4 Å². The van der Waals surface area contributed by atoms with E-state index in [0.717, 1.165) is 52.4 Å². The Morgan fingerprint density at radius 1 is 0.733 bits per heavy atom. The van der Waals surface area contributed by atoms with Gasteiger partial charge in [-0.1, -0.05) is 0 Å². The molecule has 1 aliphatic heterocycles. The van der Waals surface area contributed by atoms with Gasteiger partial charge in [0.15, 0.2) is 0 Å². The molecule has 15 heavy (non-hydrogen) atoms. The van der Waals surface area contributed by atoms with E-state index in [4.69, 9.17) is 0 Å². The van der Waals surface area contributed by atoms with Gasteiger partial charge in [-0.15, -0.1) is 0 Å². The minimum Gasteiger partial charge on any atom is -1.00 e. The summed E-state index contributed by atoms with van der Waals surface area (Å²) >= 11 is 0. The molecule has 4 nitrogen and oxygen atoms in total. The maximum absolute atomic E-state index is 3.41. The van der Waals surface area contributed by atoms with Crippen molar-refractivity contribution in [2.24, 2.45) is 0 Å². The summed E-state index contributed by atoms with van der Waals surface area (Å²) in [4.78, 5) is 2.36. The molecule has 0 unspecified atom stereocenters. The van der Waals surface area contributed by atoms with E-state index >= 15 is 0 Å². The van der Waals surface area contributed by atoms with E-state index < -0.39 is 0 Å². The molecule has 1 saturated heterocycles. The molecular formula is C9H22ClN4Ti+. The van der Waals surface area contributed by atoms with Crippen molar-refractivity contribution in [2.75, 3.05) is 59.4 Å². The van der Waals surface area contributed by atoms with Crippen molar-refractivity contribution >= 4 is 0 Å². The van der Waals surface area contributed by atoms with Gasteiger partial charge in [-0.3, -0.25) is 0 Å². The van der Waals surface area contributed by atoms with E-state index in [1.165, 1.54) is 0 Å². The van der Waals surface area contributed by atoms with Gasteiger partial charge in [-0.05, 0) is 7.05 Å². The zero-order valence-corrected chi connectivity index (χ0v) is 11.8. The smallest absolute Gasteiger partial charge is 1.00 e. The topological polar surface area (TPSA) is 39.3 Å². The molecule has 0 aromatic carbocycles. The molecule has 0 atom stereocenters. The number of hydrogen-bond acceptors (Lipinski definition) is 4. The van der Waals surface area contributed by atoms with Gasteiger partial charge in [0.2, 0.25) is 0 Å². The monoisotopic (exact) mass is 269 g/mol. The van der Waals surface area contributed by atoms with Crippen LogP contribution in [0.3, 0.4) is 0 Å². The first-order chi connectivity index (χ1) is 6.39. The molecule has 0 aromatic heterocycles. The summed E-state index contributed by atoms with van der Waals surface area (Å²) in [5.74, 6) is 0. The molecule has 88 valence electrons. The van der Waals surface area contributed by atoms with E-state index in [-0.39, 0.29) is 34.1 Å². The fourth-order valence-electron chi connectivity index (χ4n) is 1.38. The Hall–Kier alpha value is 0.844. The molecule has 1 heterocycles. The molecule has 1 aliphatic rings. The molecule has 3 N–H and O–H groups in total. The fourth-order valence-corrected chi connectivity index (χ4v) is 1.38. The van der Waals surface area contributed by atoms with Crippen LogP contribution in [0.2, 0.25) is 0 Å². The average molecular weight is 270 g/mol. The van der Waals surface area contributed by atoms with E-state index in [1.807, 2.05) is 0 Å². The van der Waals surface area contributed by atoms with Gasteiger partial charge in [0.25, 0.3) is 0 Å². The predicted octanol–water partition coefficient (Wildman–Crippen LogP) is -4.30. The molecular weight excluding hydrogens is 247 g/mol. The minimum atomic E-state index is 0. The number of likely N-dealkylation sites (N-methyl/N-ethyl adjacent to an activating group) is 1. The Morgan fingerprint density at radius 3 is 1.47 bits per heavy atom. The first-order valence-corrected chi connectivity index (χ1v) is 5.20. The van der Waals surface area contributed by atoms with E-state index in [1.54, 1.807) is 0 Å². The Labute approximate surface area is 114 Å². The summed E-state index contributed by atoms with van der Waals surface area (Å²) in [5, 5.41) is 10.2. The summed E-state index contributed by atoms with van der Waals surface area (Å²) in [7, 11) is 2.17. The van der Waals surface area contributed by atoms with Gasteiger partial charge in [0, 0.05) is 52.4 Å². The quantitative estimate of drug-likeness (QED) is 0.389. The van der Waals surface area contributed by atoms with Crippen LogP contribution in [-0.2, 0) is 21.7 Å². The number of rotatable bonds is 0. The Balaban J connectivity index is 0. The number of hydrogen-bond donors (Lipinski definition) is 3. The fraction of sp³-hybridized carbons (Fsp3) is 1.00. The molecule has 0 spiro atoms. The van der Waals surface area contributed by atoms with Crippen LogP contribution in [0, 0.1) is 0 Å². The van der Waals surface area contributed by atoms with E-state index in [0.29, 0.717) is 0 Å². The largest absolute Gasteiger partial charge is 2.00 e. The second kappa shape index (κ2) is 12.9. The molecule has 6 heteroatoms. The molecule has 0 bridgehead atoms. The van der Waals surface area contributed by atoms with Gasteiger partial charge < -0.3 is 33.3 Å². The summed E-state index contributed by atoms with van der Waals surface area (Å²) in [5.41, 5.74) is 0. The van der Waals surface area contributed by atoms with Gasteiger partial charge >= 0.3 is 21.7 Å². The zero-order chi connectivity index (χ0) is 9.36. The van der Waals surface area contributed by atoms with Crippen LogP contribution in [-0.4, -0.2) is 64.3 Å². The van der Waals surface area contributed by atoms with Crippen LogP contribution in [0.1, 0.15) is 0 Å². The van der Waals surface area contributed by atoms with Gasteiger partial charge in [0.05, 0.1) is 0 Å². The predicted molar refractivity (Wildman–Crippen MR) is 56.1 cm³/mol. The normalized spacial score (nSPS) is 21.4. The summed E-state index contributed by atoms with van der Waals surface area (Å²) < 4.78 is 0. The van der Waals surface area contributed by atoms with E-state index in [9.17, 15) is 0 Å². The Kier molecular flexibility index (Phi) is 15.7. The second-order valence-corrected chi connectivity index (χ2v) is 3.55. The molecule has 0 aromatic rings. The Morgan fingerprint density at radius 2 is 1.07 bits per heavy atom. The molecule has 0 amide bonds. The Bertz CT molecular complexity index is 117. The average Bonchev–Trinajstić information content (AvgIpc) is 2.11. The number of nitrogens with one attached hydrogen (secondary N) is 3. The SMILES string of the molecule is CN1CCNCCNCCNCC1.[Cl-].[Ti+2]. The second-order valence-electron chi connectivity index (χ2n) is 3.55. The van der Waals surface area contributed by atoms with Crippen LogP contribution in [0.5, 0.6) is 0 Å². The van der Waals surface area contributed by atoms with Crippen LogP contribution in [0.15, 0.2) is 0 Å². The number of halogens is 1. The zero-order valence-electron chi connectivity index (χ0n) is 9.48. The third-order valence-corrected chi connectivity index (χ3v) is 2.30. The molecule has 0 saturated carbocycles. The number of nitrogens with zero attached hydrogens (tertiary/aromatic N) is 1. The van der Waals surface area contributed by atoms with Crippen molar-refractivity contribution in [2.45, 2.75) is 0 Å². The third-order valence-electron chi connectivity index (χ3n) is 2.30.